The van der Waals surface area contributed by atoms with Gasteiger partial charge in [0, 0.05) is 6.42 Å². The van der Waals surface area contributed by atoms with Gasteiger partial charge >= 0.3 is 17.7 Å². The van der Waals surface area contributed by atoms with Crippen molar-refractivity contribution < 1.29 is 18.7 Å². The molecule has 0 atom stereocenters. The Morgan fingerprint density at radius 2 is 1.85 bits per heavy atom. The Labute approximate surface area is 158 Å². The largest absolute Gasteiger partial charge is 0.519 e. The van der Waals surface area contributed by atoms with E-state index in [1.807, 2.05) is 19.9 Å². The topological polar surface area (TPSA) is 85.2 Å². The van der Waals surface area contributed by atoms with E-state index in [-0.39, 0.29) is 30.1 Å². The highest BCUT2D eigenvalue weighted by Crippen LogP contribution is 2.17. The Balaban J connectivity index is 2.03. The van der Waals surface area contributed by atoms with E-state index >= 15 is 0 Å². The fourth-order valence-corrected chi connectivity index (χ4v) is 3.43. The third-order valence-electron chi connectivity index (χ3n) is 4.71. The summed E-state index contributed by atoms with van der Waals surface area (Å²) in [5.74, 6) is -1.27. The molecular formula is C20H26N3O4+. The molecule has 2 aromatic rings. The first-order chi connectivity index (χ1) is 13.0. The van der Waals surface area contributed by atoms with Crippen LogP contribution in [-0.2, 0) is 0 Å². The van der Waals surface area contributed by atoms with Crippen LogP contribution in [0.3, 0.4) is 0 Å². The van der Waals surface area contributed by atoms with Crippen molar-refractivity contribution in [1.82, 2.24) is 10.00 Å². The van der Waals surface area contributed by atoms with E-state index in [1.165, 1.54) is 0 Å². The number of Topliss-reactive ketones (excluding diaryl/α,β-unsaturated/α-hetero) is 1. The van der Waals surface area contributed by atoms with E-state index in [2.05, 4.69) is 5.32 Å². The molecule has 1 amide bonds. The van der Waals surface area contributed by atoms with Gasteiger partial charge in [0.05, 0.1) is 11.7 Å². The molecule has 3 rings (SSSR count). The van der Waals surface area contributed by atoms with Crippen LogP contribution in [0, 0.1) is 5.92 Å². The molecular weight excluding hydrogens is 346 g/mol. The zero-order chi connectivity index (χ0) is 19.4. The number of rotatable bonds is 5. The van der Waals surface area contributed by atoms with Crippen LogP contribution in [-0.4, -0.2) is 22.5 Å². The Hall–Kier alpha value is -2.70. The Kier molecular flexibility index (Phi) is 5.88. The lowest BCUT2D eigenvalue weighted by Crippen LogP contribution is -2.61. The average molecular weight is 372 g/mol. The Morgan fingerprint density at radius 1 is 1.19 bits per heavy atom. The number of amides is 1. The SMILES string of the molecule is CC(C)CC(=O)c1oc(=O)n(-c2ccccc2)[n+]1C(=O)NC1CCCCC1. The molecule has 27 heavy (non-hydrogen) atoms. The smallest absolute Gasteiger partial charge is 0.365 e. The predicted molar refractivity (Wildman–Crippen MR) is 99.1 cm³/mol. The second-order valence-electron chi connectivity index (χ2n) is 7.44. The van der Waals surface area contributed by atoms with Crippen LogP contribution in [0.15, 0.2) is 39.5 Å². The van der Waals surface area contributed by atoms with Gasteiger partial charge in [-0.25, -0.2) is 10.1 Å². The van der Waals surface area contributed by atoms with Crippen molar-refractivity contribution in [3.63, 3.8) is 0 Å². The lowest BCUT2D eigenvalue weighted by atomic mass is 9.96. The fourth-order valence-electron chi connectivity index (χ4n) is 3.43. The molecule has 1 aliphatic rings. The molecule has 1 aromatic heterocycles. The summed E-state index contributed by atoms with van der Waals surface area (Å²) in [6.07, 6.45) is 5.28. The average Bonchev–Trinajstić information content (AvgIpc) is 3.00. The third kappa shape index (κ3) is 4.35. The number of hydrogen-bond acceptors (Lipinski definition) is 4. The van der Waals surface area contributed by atoms with Crippen molar-refractivity contribution in [2.75, 3.05) is 0 Å². The van der Waals surface area contributed by atoms with E-state index in [0.717, 1.165) is 41.5 Å². The normalized spacial score (nSPS) is 15.1. The van der Waals surface area contributed by atoms with Crippen molar-refractivity contribution in [2.24, 2.45) is 5.92 Å². The first kappa shape index (κ1) is 19.1. The minimum atomic E-state index is -0.757. The molecule has 0 spiro atoms. The minimum absolute atomic E-state index is 0.0426. The van der Waals surface area contributed by atoms with Crippen LogP contribution < -0.4 is 15.8 Å². The number of ketones is 1. The summed E-state index contributed by atoms with van der Waals surface area (Å²) in [7, 11) is 0. The minimum Gasteiger partial charge on any atom is -0.365 e. The molecule has 7 heteroatoms. The molecule has 1 aromatic carbocycles. The predicted octanol–water partition coefficient (Wildman–Crippen LogP) is 2.84. The molecule has 1 heterocycles. The van der Waals surface area contributed by atoms with Gasteiger partial charge in [-0.05, 0) is 48.4 Å². The lowest BCUT2D eigenvalue weighted by molar-refractivity contribution is -0.658. The zero-order valence-corrected chi connectivity index (χ0v) is 15.8. The van der Waals surface area contributed by atoms with Gasteiger partial charge in [-0.15, -0.1) is 4.68 Å². The Morgan fingerprint density at radius 3 is 2.48 bits per heavy atom. The molecule has 7 nitrogen and oxygen atoms in total. The van der Waals surface area contributed by atoms with Crippen LogP contribution in [0.25, 0.3) is 5.69 Å². The van der Waals surface area contributed by atoms with E-state index in [9.17, 15) is 14.4 Å². The monoisotopic (exact) mass is 372 g/mol. The number of carbonyl (C=O) groups excluding carboxylic acids is 2. The summed E-state index contributed by atoms with van der Waals surface area (Å²) < 4.78 is 7.40. The third-order valence-corrected chi connectivity index (χ3v) is 4.71. The first-order valence-electron chi connectivity index (χ1n) is 9.55. The number of carbonyl (C=O) groups is 2. The molecule has 1 N–H and O–H groups in total. The number of aromatic nitrogens is 2. The fraction of sp³-hybridized carbons (Fsp3) is 0.500. The van der Waals surface area contributed by atoms with Crippen LogP contribution in [0.5, 0.6) is 0 Å². The zero-order valence-electron chi connectivity index (χ0n) is 15.8. The van der Waals surface area contributed by atoms with Gasteiger partial charge in [0.15, 0.2) is 0 Å². The Bertz CT molecular complexity index is 861. The van der Waals surface area contributed by atoms with Crippen LogP contribution >= 0.6 is 0 Å². The highest BCUT2D eigenvalue weighted by Gasteiger charge is 2.35. The summed E-state index contributed by atoms with van der Waals surface area (Å²) in [6, 6.07) is 8.24. The van der Waals surface area contributed by atoms with E-state index in [1.54, 1.807) is 24.3 Å². The molecule has 1 saturated carbocycles. The molecule has 0 radical (unpaired) electrons. The number of para-hydroxylation sites is 1. The number of hydrogen-bond donors (Lipinski definition) is 1. The highest BCUT2D eigenvalue weighted by molar-refractivity contribution is 5.91. The maximum atomic E-state index is 13.0. The van der Waals surface area contributed by atoms with Gasteiger partial charge in [-0.3, -0.25) is 4.79 Å². The quantitative estimate of drug-likeness (QED) is 0.646. The van der Waals surface area contributed by atoms with Crippen LogP contribution in [0.1, 0.15) is 63.1 Å². The van der Waals surface area contributed by atoms with Crippen molar-refractivity contribution in [2.45, 2.75) is 58.4 Å². The molecule has 1 fully saturated rings. The lowest BCUT2D eigenvalue weighted by Gasteiger charge is -2.18. The number of benzene rings is 1. The van der Waals surface area contributed by atoms with Gasteiger partial charge in [-0.1, -0.05) is 38.5 Å². The second-order valence-corrected chi connectivity index (χ2v) is 7.44. The standard InChI is InChI=1S/C20H25N3O4/c1-14(2)13-17(24)18-23(19(25)21-15-9-5-3-6-10-15)22(20(26)27-18)16-11-7-4-8-12-16/h4,7-8,11-12,14-15H,3,5-6,9-10,13H2,1-2H3/p+1. The van der Waals surface area contributed by atoms with E-state index < -0.39 is 11.8 Å². The van der Waals surface area contributed by atoms with Crippen LogP contribution in [0.2, 0.25) is 0 Å². The van der Waals surface area contributed by atoms with Gasteiger partial charge in [0.2, 0.25) is 5.78 Å². The van der Waals surface area contributed by atoms with Crippen molar-refractivity contribution in [3.05, 3.63) is 46.8 Å². The molecule has 0 unspecified atom stereocenters. The summed E-state index contributed by atoms with van der Waals surface area (Å²) >= 11 is 0. The maximum absolute atomic E-state index is 13.0. The first-order valence-corrected chi connectivity index (χ1v) is 9.55. The number of nitrogens with one attached hydrogen (secondary N) is 1. The van der Waals surface area contributed by atoms with Crippen molar-refractivity contribution in [1.29, 1.82) is 0 Å². The highest BCUT2D eigenvalue weighted by atomic mass is 16.4. The molecule has 144 valence electrons. The van der Waals surface area contributed by atoms with Gasteiger partial charge in [0.25, 0.3) is 0 Å². The summed E-state index contributed by atoms with van der Waals surface area (Å²) in [4.78, 5) is 38.1. The van der Waals surface area contributed by atoms with E-state index in [4.69, 9.17) is 4.42 Å². The number of nitrogens with zero attached hydrogens (tertiary/aromatic N) is 2. The summed E-state index contributed by atoms with van der Waals surface area (Å²) in [6.45, 7) is 3.80. The van der Waals surface area contributed by atoms with Crippen LogP contribution in [0.4, 0.5) is 4.79 Å². The van der Waals surface area contributed by atoms with Crippen molar-refractivity contribution >= 4 is 11.8 Å². The van der Waals surface area contributed by atoms with Gasteiger partial charge in [0.1, 0.15) is 0 Å². The van der Waals surface area contributed by atoms with Crippen molar-refractivity contribution in [3.8, 4) is 5.69 Å². The summed E-state index contributed by atoms with van der Waals surface area (Å²) in [5.41, 5.74) is 0.466. The summed E-state index contributed by atoms with van der Waals surface area (Å²) in [5, 5.41) is 2.96. The van der Waals surface area contributed by atoms with E-state index in [0.29, 0.717) is 5.69 Å². The van der Waals surface area contributed by atoms with Gasteiger partial charge < -0.3 is 4.42 Å². The second kappa shape index (κ2) is 8.33. The molecule has 0 aliphatic heterocycles. The molecule has 0 saturated heterocycles. The molecule has 0 bridgehead atoms. The maximum Gasteiger partial charge on any atom is 0.519 e. The molecule has 1 aliphatic carbocycles. The van der Waals surface area contributed by atoms with Gasteiger partial charge in [-0.2, -0.15) is 4.79 Å².